The van der Waals surface area contributed by atoms with Gasteiger partial charge in [0.05, 0.1) is 23.9 Å². The van der Waals surface area contributed by atoms with E-state index in [-0.39, 0.29) is 24.9 Å². The first kappa shape index (κ1) is 26.2. The molecule has 0 spiro atoms. The van der Waals surface area contributed by atoms with E-state index in [1.54, 1.807) is 10.7 Å². The SMILES string of the molecule is CCC(C(=O)OCCCC(=O)Oc1cc(C)nn1-c1ccccc1)c1ccc(N2Cc3ccccc3C2)cc1. The number of para-hydroxylation sites is 1. The number of anilines is 1. The van der Waals surface area contributed by atoms with Crippen LogP contribution in [0.15, 0.2) is 84.9 Å². The molecule has 1 aliphatic rings. The number of aryl methyl sites for hydroxylation is 1. The van der Waals surface area contributed by atoms with Gasteiger partial charge in [-0.3, -0.25) is 9.59 Å². The highest BCUT2D eigenvalue weighted by Gasteiger charge is 2.22. The standard InChI is InChI=1S/C32H33N3O4/c1-3-29(24-15-17-27(18-16-24)34-21-25-10-7-8-11-26(25)22-34)32(37)38-19-9-14-31(36)39-30-20-23(2)33-35(30)28-12-5-4-6-13-28/h4-8,10-13,15-18,20,29H,3,9,14,19,21-22H2,1-2H3. The molecule has 1 aromatic heterocycles. The van der Waals surface area contributed by atoms with Crippen LogP contribution in [0.25, 0.3) is 5.69 Å². The summed E-state index contributed by atoms with van der Waals surface area (Å²) in [5.74, 6) is -0.641. The van der Waals surface area contributed by atoms with Gasteiger partial charge in [-0.25, -0.2) is 4.68 Å². The Labute approximate surface area is 229 Å². The van der Waals surface area contributed by atoms with Gasteiger partial charge in [0.2, 0.25) is 5.88 Å². The highest BCUT2D eigenvalue weighted by atomic mass is 16.5. The van der Waals surface area contributed by atoms with E-state index in [9.17, 15) is 9.59 Å². The minimum Gasteiger partial charge on any atom is -0.465 e. The minimum absolute atomic E-state index is 0.135. The van der Waals surface area contributed by atoms with Gasteiger partial charge in [-0.05, 0) is 60.7 Å². The third-order valence-electron chi connectivity index (χ3n) is 6.98. The Morgan fingerprint density at radius 3 is 2.23 bits per heavy atom. The van der Waals surface area contributed by atoms with Gasteiger partial charge in [0.25, 0.3) is 0 Å². The Hall–Kier alpha value is -4.39. The van der Waals surface area contributed by atoms with Gasteiger partial charge >= 0.3 is 11.9 Å². The predicted octanol–water partition coefficient (Wildman–Crippen LogP) is 6.12. The lowest BCUT2D eigenvalue weighted by atomic mass is 9.96. The normalized spacial score (nSPS) is 13.1. The van der Waals surface area contributed by atoms with Gasteiger partial charge < -0.3 is 14.4 Å². The molecule has 0 aliphatic carbocycles. The van der Waals surface area contributed by atoms with Crippen LogP contribution in [0.2, 0.25) is 0 Å². The van der Waals surface area contributed by atoms with Crippen molar-refractivity contribution in [1.82, 2.24) is 9.78 Å². The number of benzene rings is 3. The van der Waals surface area contributed by atoms with E-state index in [4.69, 9.17) is 9.47 Å². The van der Waals surface area contributed by atoms with Crippen LogP contribution in [0.1, 0.15) is 54.5 Å². The Kier molecular flexibility index (Phi) is 8.06. The summed E-state index contributed by atoms with van der Waals surface area (Å²) in [7, 11) is 0. The molecule has 0 saturated heterocycles. The van der Waals surface area contributed by atoms with Gasteiger partial charge in [-0.2, -0.15) is 5.10 Å². The molecule has 200 valence electrons. The molecule has 39 heavy (non-hydrogen) atoms. The van der Waals surface area contributed by atoms with E-state index in [2.05, 4.69) is 46.4 Å². The van der Waals surface area contributed by atoms with Crippen LogP contribution in [0.5, 0.6) is 5.88 Å². The molecular weight excluding hydrogens is 490 g/mol. The zero-order valence-corrected chi connectivity index (χ0v) is 22.4. The molecule has 0 bridgehead atoms. The number of rotatable bonds is 10. The van der Waals surface area contributed by atoms with E-state index in [0.717, 1.165) is 35.7 Å². The van der Waals surface area contributed by atoms with Crippen LogP contribution in [0.4, 0.5) is 5.69 Å². The summed E-state index contributed by atoms with van der Waals surface area (Å²) >= 11 is 0. The van der Waals surface area contributed by atoms with Crippen molar-refractivity contribution in [2.24, 2.45) is 0 Å². The molecule has 1 unspecified atom stereocenters. The number of hydrogen-bond acceptors (Lipinski definition) is 6. The predicted molar refractivity (Wildman–Crippen MR) is 150 cm³/mol. The van der Waals surface area contributed by atoms with E-state index in [1.165, 1.54) is 11.1 Å². The van der Waals surface area contributed by atoms with Crippen LogP contribution in [0, 0.1) is 6.92 Å². The van der Waals surface area contributed by atoms with Crippen molar-refractivity contribution in [1.29, 1.82) is 0 Å². The van der Waals surface area contributed by atoms with E-state index in [0.29, 0.717) is 18.7 Å². The number of ether oxygens (including phenoxy) is 2. The average Bonchev–Trinajstić information content (AvgIpc) is 3.55. The lowest BCUT2D eigenvalue weighted by Gasteiger charge is -2.20. The summed E-state index contributed by atoms with van der Waals surface area (Å²) in [4.78, 5) is 27.6. The smallest absolute Gasteiger partial charge is 0.313 e. The van der Waals surface area contributed by atoms with Gasteiger partial charge in [0.1, 0.15) is 0 Å². The molecule has 2 heterocycles. The van der Waals surface area contributed by atoms with E-state index in [1.807, 2.05) is 56.3 Å². The number of fused-ring (bicyclic) bond motifs is 1. The summed E-state index contributed by atoms with van der Waals surface area (Å²) in [6.45, 7) is 5.77. The van der Waals surface area contributed by atoms with Crippen molar-refractivity contribution in [3.8, 4) is 11.6 Å². The Bertz CT molecular complexity index is 1400. The van der Waals surface area contributed by atoms with Gasteiger partial charge in [0, 0.05) is 31.3 Å². The summed E-state index contributed by atoms with van der Waals surface area (Å²) in [5, 5.41) is 4.42. The molecular formula is C32H33N3O4. The first-order valence-corrected chi connectivity index (χ1v) is 13.4. The third kappa shape index (κ3) is 6.20. The summed E-state index contributed by atoms with van der Waals surface area (Å²) in [5.41, 5.74) is 6.36. The number of aromatic nitrogens is 2. The molecule has 7 nitrogen and oxygen atoms in total. The molecule has 3 aromatic carbocycles. The van der Waals surface area contributed by atoms with Crippen molar-refractivity contribution in [3.63, 3.8) is 0 Å². The highest BCUT2D eigenvalue weighted by molar-refractivity contribution is 5.78. The molecule has 0 N–H and O–H groups in total. The number of esters is 2. The monoisotopic (exact) mass is 523 g/mol. The maximum atomic E-state index is 12.8. The van der Waals surface area contributed by atoms with Crippen molar-refractivity contribution in [2.75, 3.05) is 11.5 Å². The summed E-state index contributed by atoms with van der Waals surface area (Å²) in [6.07, 6.45) is 1.15. The molecule has 0 fully saturated rings. The second-order valence-electron chi connectivity index (χ2n) is 9.79. The molecule has 0 radical (unpaired) electrons. The molecule has 0 saturated carbocycles. The topological polar surface area (TPSA) is 73.7 Å². The molecule has 4 aromatic rings. The van der Waals surface area contributed by atoms with Gasteiger partial charge in [-0.15, -0.1) is 0 Å². The van der Waals surface area contributed by atoms with E-state index < -0.39 is 5.97 Å². The van der Waals surface area contributed by atoms with Crippen molar-refractivity contribution in [2.45, 2.75) is 52.1 Å². The van der Waals surface area contributed by atoms with Crippen LogP contribution < -0.4 is 9.64 Å². The number of carbonyl (C=O) groups is 2. The van der Waals surface area contributed by atoms with Crippen molar-refractivity contribution < 1.29 is 19.1 Å². The lowest BCUT2D eigenvalue weighted by Crippen LogP contribution is -2.18. The molecule has 1 atom stereocenters. The maximum absolute atomic E-state index is 12.8. The fourth-order valence-electron chi connectivity index (χ4n) is 4.93. The van der Waals surface area contributed by atoms with Crippen molar-refractivity contribution in [3.05, 3.63) is 107 Å². The summed E-state index contributed by atoms with van der Waals surface area (Å²) in [6, 6.07) is 27.9. The summed E-state index contributed by atoms with van der Waals surface area (Å²) < 4.78 is 12.7. The quantitative estimate of drug-likeness (QED) is 0.184. The Balaban J connectivity index is 1.10. The zero-order valence-electron chi connectivity index (χ0n) is 22.4. The van der Waals surface area contributed by atoms with Gasteiger partial charge in [-0.1, -0.05) is 61.5 Å². The maximum Gasteiger partial charge on any atom is 0.313 e. The van der Waals surface area contributed by atoms with Gasteiger partial charge in [0.15, 0.2) is 0 Å². The average molecular weight is 524 g/mol. The first-order chi connectivity index (χ1) is 19.0. The fraction of sp³-hybridized carbons (Fsp3) is 0.281. The van der Waals surface area contributed by atoms with Crippen LogP contribution in [-0.4, -0.2) is 28.3 Å². The number of hydrogen-bond donors (Lipinski definition) is 0. The lowest BCUT2D eigenvalue weighted by molar-refractivity contribution is -0.146. The van der Waals surface area contributed by atoms with Crippen molar-refractivity contribution >= 4 is 17.6 Å². The highest BCUT2D eigenvalue weighted by Crippen LogP contribution is 2.30. The molecule has 5 rings (SSSR count). The molecule has 1 aliphatic heterocycles. The first-order valence-electron chi connectivity index (χ1n) is 13.4. The van der Waals surface area contributed by atoms with Crippen LogP contribution >= 0.6 is 0 Å². The fourth-order valence-corrected chi connectivity index (χ4v) is 4.93. The third-order valence-corrected chi connectivity index (χ3v) is 6.98. The number of carbonyl (C=O) groups excluding carboxylic acids is 2. The molecule has 0 amide bonds. The Morgan fingerprint density at radius 2 is 1.56 bits per heavy atom. The van der Waals surface area contributed by atoms with Crippen LogP contribution in [0.3, 0.4) is 0 Å². The second kappa shape index (κ2) is 12.0. The number of nitrogens with zero attached hydrogens (tertiary/aromatic N) is 3. The van der Waals surface area contributed by atoms with E-state index >= 15 is 0 Å². The Morgan fingerprint density at radius 1 is 0.897 bits per heavy atom. The van der Waals surface area contributed by atoms with Crippen LogP contribution in [-0.2, 0) is 27.4 Å². The second-order valence-corrected chi connectivity index (χ2v) is 9.79. The minimum atomic E-state index is -0.394. The zero-order chi connectivity index (χ0) is 27.2. The largest absolute Gasteiger partial charge is 0.465 e. The molecule has 7 heteroatoms.